The molecule has 0 atom stereocenters. The summed E-state index contributed by atoms with van der Waals surface area (Å²) in [6, 6.07) is 9.21. The third-order valence-corrected chi connectivity index (χ3v) is 5.40. The quantitative estimate of drug-likeness (QED) is 0.783. The summed E-state index contributed by atoms with van der Waals surface area (Å²) in [7, 11) is 3.02. The van der Waals surface area contributed by atoms with Crippen molar-refractivity contribution in [2.24, 2.45) is 14.1 Å². The summed E-state index contributed by atoms with van der Waals surface area (Å²) in [5, 5.41) is 3.20. The number of aryl methyl sites for hydroxylation is 1. The fourth-order valence-corrected chi connectivity index (χ4v) is 3.62. The highest BCUT2D eigenvalue weighted by Crippen LogP contribution is 2.23. The summed E-state index contributed by atoms with van der Waals surface area (Å²) in [6.45, 7) is 4.21. The van der Waals surface area contributed by atoms with Gasteiger partial charge in [0, 0.05) is 19.8 Å². The van der Waals surface area contributed by atoms with Gasteiger partial charge in [-0.2, -0.15) is 0 Å². The van der Waals surface area contributed by atoms with E-state index in [0.717, 1.165) is 15.9 Å². The molecule has 3 rings (SSSR count). The molecule has 0 bridgehead atoms. The van der Waals surface area contributed by atoms with Crippen molar-refractivity contribution in [1.29, 1.82) is 0 Å². The number of benzene rings is 1. The van der Waals surface area contributed by atoms with E-state index in [1.807, 2.05) is 24.3 Å². The lowest BCUT2D eigenvalue weighted by Crippen LogP contribution is -2.36. The normalized spacial score (nSPS) is 11.2. The van der Waals surface area contributed by atoms with Gasteiger partial charge < -0.3 is 5.32 Å². The van der Waals surface area contributed by atoms with E-state index < -0.39 is 11.2 Å². The van der Waals surface area contributed by atoms with E-state index in [1.54, 1.807) is 13.1 Å². The highest BCUT2D eigenvalue weighted by Gasteiger charge is 2.16. The average molecular weight is 357 g/mol. The van der Waals surface area contributed by atoms with Crippen LogP contribution in [0.1, 0.15) is 35.0 Å². The predicted molar refractivity (Wildman–Crippen MR) is 101 cm³/mol. The molecule has 0 aliphatic heterocycles. The Hall–Kier alpha value is -2.67. The van der Waals surface area contributed by atoms with Crippen molar-refractivity contribution in [3.8, 4) is 0 Å². The number of hydrogen-bond donors (Lipinski definition) is 1. The molecule has 1 N–H and O–H groups in total. The molecule has 0 aliphatic carbocycles. The van der Waals surface area contributed by atoms with Crippen LogP contribution in [0.3, 0.4) is 0 Å². The second-order valence-corrected chi connectivity index (χ2v) is 7.30. The molecule has 2 aromatic heterocycles. The maximum absolute atomic E-state index is 12.5. The number of amides is 1. The van der Waals surface area contributed by atoms with Crippen molar-refractivity contribution in [2.75, 3.05) is 5.32 Å². The molecule has 0 aliphatic rings. The Labute approximate surface area is 148 Å². The molecule has 0 fully saturated rings. The summed E-state index contributed by atoms with van der Waals surface area (Å²) in [5.74, 6) is 0.123. The molecule has 0 radical (unpaired) electrons. The molecule has 6 nitrogen and oxygen atoms in total. The van der Waals surface area contributed by atoms with Crippen LogP contribution in [0.5, 0.6) is 0 Å². The highest BCUT2D eigenvalue weighted by atomic mass is 32.1. The van der Waals surface area contributed by atoms with E-state index in [1.165, 1.54) is 17.2 Å². The maximum atomic E-state index is 12.5. The van der Waals surface area contributed by atoms with Crippen molar-refractivity contribution < 1.29 is 4.79 Å². The minimum absolute atomic E-state index is 0.298. The van der Waals surface area contributed by atoms with E-state index in [0.29, 0.717) is 26.7 Å². The Morgan fingerprint density at radius 3 is 2.32 bits per heavy atom. The zero-order valence-corrected chi connectivity index (χ0v) is 15.3. The Balaban J connectivity index is 1.95. The van der Waals surface area contributed by atoms with Crippen molar-refractivity contribution in [2.45, 2.75) is 19.8 Å². The van der Waals surface area contributed by atoms with Gasteiger partial charge in [-0.1, -0.05) is 26.0 Å². The summed E-state index contributed by atoms with van der Waals surface area (Å²) < 4.78 is 2.43. The third-order valence-electron chi connectivity index (χ3n) is 4.19. The fourth-order valence-electron chi connectivity index (χ4n) is 2.62. The van der Waals surface area contributed by atoms with Gasteiger partial charge in [-0.25, -0.2) is 4.79 Å². The van der Waals surface area contributed by atoms with Gasteiger partial charge in [0.2, 0.25) is 0 Å². The molecule has 2 heterocycles. The number of nitrogens with zero attached hydrogens (tertiary/aromatic N) is 2. The molecule has 1 amide bonds. The molecule has 0 unspecified atom stereocenters. The molecule has 3 aromatic rings. The van der Waals surface area contributed by atoms with Crippen molar-refractivity contribution in [1.82, 2.24) is 9.13 Å². The Bertz CT molecular complexity index is 1070. The van der Waals surface area contributed by atoms with E-state index in [-0.39, 0.29) is 5.91 Å². The molecule has 0 saturated heterocycles. The molecule has 0 spiro atoms. The number of nitrogens with one attached hydrogen (secondary N) is 1. The van der Waals surface area contributed by atoms with Crippen LogP contribution in [0.15, 0.2) is 39.9 Å². The van der Waals surface area contributed by atoms with Gasteiger partial charge in [0.15, 0.2) is 0 Å². The second-order valence-electron chi connectivity index (χ2n) is 6.27. The number of hydrogen-bond acceptors (Lipinski definition) is 4. The predicted octanol–water partition coefficient (Wildman–Crippen LogP) is 2.67. The van der Waals surface area contributed by atoms with Crippen molar-refractivity contribution >= 4 is 33.1 Å². The zero-order valence-electron chi connectivity index (χ0n) is 14.5. The average Bonchev–Trinajstić information content (AvgIpc) is 3.04. The number of fused-ring (bicyclic) bond motifs is 1. The van der Waals surface area contributed by atoms with Gasteiger partial charge in [-0.05, 0) is 29.7 Å². The number of aromatic nitrogens is 2. The number of rotatable bonds is 3. The lowest BCUT2D eigenvalue weighted by molar-refractivity contribution is 0.103. The summed E-state index contributed by atoms with van der Waals surface area (Å²) >= 11 is 1.13. The van der Waals surface area contributed by atoms with Crippen molar-refractivity contribution in [3.63, 3.8) is 0 Å². The topological polar surface area (TPSA) is 73.1 Å². The lowest BCUT2D eigenvalue weighted by Gasteiger charge is -2.07. The van der Waals surface area contributed by atoms with Crippen LogP contribution in [0, 0.1) is 0 Å². The van der Waals surface area contributed by atoms with Crippen molar-refractivity contribution in [3.05, 3.63) is 61.6 Å². The van der Waals surface area contributed by atoms with Gasteiger partial charge in [0.1, 0.15) is 4.83 Å². The Kier molecular flexibility index (Phi) is 4.34. The number of carbonyl (C=O) groups excluding carboxylic acids is 1. The van der Waals surface area contributed by atoms with Gasteiger partial charge in [-0.15, -0.1) is 11.3 Å². The number of thiophene rings is 1. The van der Waals surface area contributed by atoms with Crippen LogP contribution in [0.2, 0.25) is 0 Å². The molecule has 7 heteroatoms. The van der Waals surface area contributed by atoms with E-state index in [9.17, 15) is 14.4 Å². The first kappa shape index (κ1) is 17.2. The monoisotopic (exact) mass is 357 g/mol. The summed E-state index contributed by atoms with van der Waals surface area (Å²) in [6.07, 6.45) is 0. The Morgan fingerprint density at radius 2 is 1.72 bits per heavy atom. The van der Waals surface area contributed by atoms with Crippen LogP contribution >= 0.6 is 11.3 Å². The summed E-state index contributed by atoms with van der Waals surface area (Å²) in [4.78, 5) is 37.6. The van der Waals surface area contributed by atoms with Gasteiger partial charge in [0.25, 0.3) is 11.5 Å². The largest absolute Gasteiger partial charge is 0.331 e. The minimum atomic E-state index is -0.407. The number of carbonyl (C=O) groups is 1. The summed E-state index contributed by atoms with van der Waals surface area (Å²) in [5.41, 5.74) is 1.08. The molecule has 25 heavy (non-hydrogen) atoms. The molecular formula is C18H19N3O3S. The second kappa shape index (κ2) is 6.33. The molecule has 130 valence electrons. The lowest BCUT2D eigenvalue weighted by atomic mass is 10.0. The van der Waals surface area contributed by atoms with Crippen LogP contribution in [0.4, 0.5) is 5.69 Å². The highest BCUT2D eigenvalue weighted by molar-refractivity contribution is 7.20. The minimum Gasteiger partial charge on any atom is -0.321 e. The molecular weight excluding hydrogens is 338 g/mol. The molecule has 0 saturated carbocycles. The van der Waals surface area contributed by atoms with Crippen LogP contribution in [0.25, 0.3) is 10.2 Å². The van der Waals surface area contributed by atoms with E-state index >= 15 is 0 Å². The van der Waals surface area contributed by atoms with Crippen LogP contribution in [-0.2, 0) is 14.1 Å². The maximum Gasteiger partial charge on any atom is 0.331 e. The third kappa shape index (κ3) is 3.02. The van der Waals surface area contributed by atoms with Gasteiger partial charge >= 0.3 is 5.69 Å². The molecule has 1 aromatic carbocycles. The number of anilines is 1. The van der Waals surface area contributed by atoms with E-state index in [2.05, 4.69) is 19.2 Å². The van der Waals surface area contributed by atoms with Gasteiger partial charge in [-0.3, -0.25) is 18.7 Å². The Morgan fingerprint density at radius 1 is 1.08 bits per heavy atom. The first-order valence-electron chi connectivity index (χ1n) is 7.90. The van der Waals surface area contributed by atoms with Gasteiger partial charge in [0.05, 0.1) is 10.3 Å². The fraction of sp³-hybridized carbons (Fsp3) is 0.278. The first-order valence-corrected chi connectivity index (χ1v) is 8.72. The van der Waals surface area contributed by atoms with Crippen LogP contribution in [-0.4, -0.2) is 15.0 Å². The SMILES string of the molecule is CC(C)c1ccc(NC(=O)c2cc3c(=O)n(C)c(=O)n(C)c3s2)cc1. The van der Waals surface area contributed by atoms with Crippen LogP contribution < -0.4 is 16.6 Å². The zero-order chi connectivity index (χ0) is 18.3. The first-order chi connectivity index (χ1) is 11.8. The van der Waals surface area contributed by atoms with E-state index in [4.69, 9.17) is 0 Å². The smallest absolute Gasteiger partial charge is 0.321 e. The standard InChI is InChI=1S/C18H19N3O3S/c1-10(2)11-5-7-12(8-6-11)19-15(22)14-9-13-16(23)20(3)18(24)21(4)17(13)25-14/h5-10H,1-4H3,(H,19,22).